The van der Waals surface area contributed by atoms with Crippen molar-refractivity contribution in [3.05, 3.63) is 34.3 Å². The molecule has 2 aromatic rings. The lowest BCUT2D eigenvalue weighted by Crippen LogP contribution is -2.26. The number of thiazole rings is 1. The number of ether oxygens (including phenoxy) is 1. The molecule has 2 heterocycles. The SMILES string of the molecule is COc1ccc(Cl)cc1NCCC(=O)Nc1ncc(C2CCNCC2)s1. The highest BCUT2D eigenvalue weighted by Crippen LogP contribution is 2.31. The molecule has 0 bridgehead atoms. The van der Waals surface area contributed by atoms with Crippen molar-refractivity contribution in [1.29, 1.82) is 0 Å². The lowest BCUT2D eigenvalue weighted by molar-refractivity contribution is -0.115. The van der Waals surface area contributed by atoms with Crippen LogP contribution in [0.25, 0.3) is 0 Å². The van der Waals surface area contributed by atoms with Gasteiger partial charge in [-0.25, -0.2) is 4.98 Å². The number of methoxy groups -OCH3 is 1. The van der Waals surface area contributed by atoms with E-state index in [0.717, 1.165) is 31.6 Å². The summed E-state index contributed by atoms with van der Waals surface area (Å²) in [7, 11) is 1.60. The van der Waals surface area contributed by atoms with E-state index < -0.39 is 0 Å². The quantitative estimate of drug-likeness (QED) is 0.667. The Kier molecular flexibility index (Phi) is 6.71. The van der Waals surface area contributed by atoms with Crippen LogP contribution < -0.4 is 20.7 Å². The maximum absolute atomic E-state index is 12.2. The average molecular weight is 395 g/mol. The number of halogens is 1. The molecule has 0 spiro atoms. The molecule has 0 atom stereocenters. The maximum Gasteiger partial charge on any atom is 0.227 e. The third kappa shape index (κ3) is 5.09. The van der Waals surface area contributed by atoms with Crippen LogP contribution in [0, 0.1) is 0 Å². The number of piperidine rings is 1. The number of rotatable bonds is 7. The minimum atomic E-state index is -0.0651. The highest BCUT2D eigenvalue weighted by atomic mass is 35.5. The van der Waals surface area contributed by atoms with Crippen molar-refractivity contribution in [3.63, 3.8) is 0 Å². The summed E-state index contributed by atoms with van der Waals surface area (Å²) in [6.07, 6.45) is 4.48. The second-order valence-corrected chi connectivity index (χ2v) is 7.66. The van der Waals surface area contributed by atoms with Crippen LogP contribution in [0.2, 0.25) is 5.02 Å². The molecule has 1 aromatic carbocycles. The van der Waals surface area contributed by atoms with Crippen LogP contribution in [-0.2, 0) is 4.79 Å². The molecule has 1 amide bonds. The molecule has 0 saturated carbocycles. The zero-order chi connectivity index (χ0) is 18.4. The molecule has 3 rings (SSSR count). The van der Waals surface area contributed by atoms with E-state index in [9.17, 15) is 4.79 Å². The lowest BCUT2D eigenvalue weighted by atomic mass is 9.97. The van der Waals surface area contributed by atoms with Crippen LogP contribution in [0.15, 0.2) is 24.4 Å². The molecule has 3 N–H and O–H groups in total. The van der Waals surface area contributed by atoms with E-state index in [4.69, 9.17) is 16.3 Å². The predicted octanol–water partition coefficient (Wildman–Crippen LogP) is 3.71. The molecule has 6 nitrogen and oxygen atoms in total. The third-order valence-corrected chi connectivity index (χ3v) is 5.65. The number of carbonyl (C=O) groups is 1. The highest BCUT2D eigenvalue weighted by molar-refractivity contribution is 7.15. The van der Waals surface area contributed by atoms with Crippen LogP contribution in [-0.4, -0.2) is 37.6 Å². The van der Waals surface area contributed by atoms with Crippen molar-refractivity contribution in [2.45, 2.75) is 25.2 Å². The van der Waals surface area contributed by atoms with E-state index in [1.807, 2.05) is 6.20 Å². The van der Waals surface area contributed by atoms with Crippen molar-refractivity contribution in [2.75, 3.05) is 37.4 Å². The minimum absolute atomic E-state index is 0.0651. The molecule has 1 aliphatic rings. The highest BCUT2D eigenvalue weighted by Gasteiger charge is 2.18. The van der Waals surface area contributed by atoms with E-state index in [1.165, 1.54) is 4.88 Å². The van der Waals surface area contributed by atoms with Gasteiger partial charge in [-0.1, -0.05) is 11.6 Å². The molecule has 1 fully saturated rings. The van der Waals surface area contributed by atoms with Gasteiger partial charge in [0, 0.05) is 29.1 Å². The number of nitrogens with one attached hydrogen (secondary N) is 3. The Hall–Kier alpha value is -1.83. The number of aromatic nitrogens is 1. The fourth-order valence-electron chi connectivity index (χ4n) is 2.95. The summed E-state index contributed by atoms with van der Waals surface area (Å²) in [5, 5.41) is 10.7. The zero-order valence-electron chi connectivity index (χ0n) is 14.7. The van der Waals surface area contributed by atoms with Crippen LogP contribution >= 0.6 is 22.9 Å². The first-order valence-corrected chi connectivity index (χ1v) is 9.89. The fourth-order valence-corrected chi connectivity index (χ4v) is 4.12. The molecule has 0 aliphatic carbocycles. The third-order valence-electron chi connectivity index (χ3n) is 4.34. The normalized spacial score (nSPS) is 14.8. The molecule has 140 valence electrons. The van der Waals surface area contributed by atoms with Crippen molar-refractivity contribution in [2.24, 2.45) is 0 Å². The molecule has 0 radical (unpaired) electrons. The van der Waals surface area contributed by atoms with E-state index in [0.29, 0.717) is 34.8 Å². The molecular formula is C18H23ClN4O2S. The summed E-state index contributed by atoms with van der Waals surface area (Å²) in [4.78, 5) is 17.8. The number of amides is 1. The van der Waals surface area contributed by atoms with Gasteiger partial charge in [-0.05, 0) is 50.0 Å². The Morgan fingerprint density at radius 3 is 3.00 bits per heavy atom. The second-order valence-electron chi connectivity index (χ2n) is 6.16. The molecule has 1 saturated heterocycles. The molecule has 26 heavy (non-hydrogen) atoms. The fraction of sp³-hybridized carbons (Fsp3) is 0.444. The van der Waals surface area contributed by atoms with E-state index in [1.54, 1.807) is 36.6 Å². The Balaban J connectivity index is 1.47. The van der Waals surface area contributed by atoms with Crippen LogP contribution in [0.4, 0.5) is 10.8 Å². The smallest absolute Gasteiger partial charge is 0.227 e. The van der Waals surface area contributed by atoms with Crippen LogP contribution in [0.3, 0.4) is 0 Å². The monoisotopic (exact) mass is 394 g/mol. The van der Waals surface area contributed by atoms with Gasteiger partial charge >= 0.3 is 0 Å². The zero-order valence-corrected chi connectivity index (χ0v) is 16.3. The Bertz CT molecular complexity index is 747. The Morgan fingerprint density at radius 2 is 2.23 bits per heavy atom. The van der Waals surface area contributed by atoms with Gasteiger partial charge in [0.15, 0.2) is 5.13 Å². The molecule has 1 aliphatic heterocycles. The van der Waals surface area contributed by atoms with Gasteiger partial charge in [0.1, 0.15) is 5.75 Å². The van der Waals surface area contributed by atoms with Gasteiger partial charge in [0.2, 0.25) is 5.91 Å². The number of hydrogen-bond donors (Lipinski definition) is 3. The van der Waals surface area contributed by atoms with Gasteiger partial charge in [0.25, 0.3) is 0 Å². The van der Waals surface area contributed by atoms with Crippen molar-refractivity contribution in [1.82, 2.24) is 10.3 Å². The molecular weight excluding hydrogens is 372 g/mol. The summed E-state index contributed by atoms with van der Waals surface area (Å²) >= 11 is 7.58. The van der Waals surface area contributed by atoms with Gasteiger partial charge in [-0.2, -0.15) is 0 Å². The first kappa shape index (κ1) is 18.9. The first-order valence-electron chi connectivity index (χ1n) is 8.69. The summed E-state index contributed by atoms with van der Waals surface area (Å²) in [5.41, 5.74) is 0.773. The van der Waals surface area contributed by atoms with Gasteiger partial charge in [0.05, 0.1) is 12.8 Å². The summed E-state index contributed by atoms with van der Waals surface area (Å²) in [6, 6.07) is 5.34. The van der Waals surface area contributed by atoms with E-state index in [2.05, 4.69) is 20.9 Å². The van der Waals surface area contributed by atoms with E-state index in [-0.39, 0.29) is 5.91 Å². The van der Waals surface area contributed by atoms with Crippen molar-refractivity contribution < 1.29 is 9.53 Å². The Labute approximate surface area is 162 Å². The maximum atomic E-state index is 12.2. The van der Waals surface area contributed by atoms with Crippen LogP contribution in [0.5, 0.6) is 5.75 Å². The molecule has 1 aromatic heterocycles. The van der Waals surface area contributed by atoms with Crippen LogP contribution in [0.1, 0.15) is 30.1 Å². The largest absolute Gasteiger partial charge is 0.495 e. The standard InChI is InChI=1S/C18H23ClN4O2S/c1-25-15-3-2-13(19)10-14(15)21-9-6-17(24)23-18-22-11-16(26-18)12-4-7-20-8-5-12/h2-3,10-12,20-21H,4-9H2,1H3,(H,22,23,24). The Morgan fingerprint density at radius 1 is 1.42 bits per heavy atom. The minimum Gasteiger partial charge on any atom is -0.495 e. The number of hydrogen-bond acceptors (Lipinski definition) is 6. The first-order chi connectivity index (χ1) is 12.7. The summed E-state index contributed by atoms with van der Waals surface area (Å²) < 4.78 is 5.28. The van der Waals surface area contributed by atoms with Crippen molar-refractivity contribution >= 4 is 39.7 Å². The van der Waals surface area contributed by atoms with Gasteiger partial charge < -0.3 is 20.7 Å². The second kappa shape index (κ2) is 9.21. The molecule has 8 heteroatoms. The number of carbonyl (C=O) groups excluding carboxylic acids is 1. The van der Waals surface area contributed by atoms with E-state index >= 15 is 0 Å². The number of benzene rings is 1. The molecule has 0 unspecified atom stereocenters. The predicted molar refractivity (Wildman–Crippen MR) is 107 cm³/mol. The summed E-state index contributed by atoms with van der Waals surface area (Å²) in [6.45, 7) is 2.57. The van der Waals surface area contributed by atoms with Crippen molar-refractivity contribution in [3.8, 4) is 5.75 Å². The number of anilines is 2. The topological polar surface area (TPSA) is 75.3 Å². The average Bonchev–Trinajstić information content (AvgIpc) is 3.11. The lowest BCUT2D eigenvalue weighted by Gasteiger charge is -2.20. The number of nitrogens with zero attached hydrogens (tertiary/aromatic N) is 1. The summed E-state index contributed by atoms with van der Waals surface area (Å²) in [5.74, 6) is 1.18. The van der Waals surface area contributed by atoms with Gasteiger partial charge in [-0.15, -0.1) is 11.3 Å². The van der Waals surface area contributed by atoms with Gasteiger partial charge in [-0.3, -0.25) is 4.79 Å².